The summed E-state index contributed by atoms with van der Waals surface area (Å²) in [5.41, 5.74) is 7.58. The van der Waals surface area contributed by atoms with E-state index in [1.807, 2.05) is 6.20 Å². The number of amides is 1. The molecular formula is C20H35N7O. The Balaban J connectivity index is 1.51. The van der Waals surface area contributed by atoms with Crippen LogP contribution in [-0.4, -0.2) is 37.4 Å². The van der Waals surface area contributed by atoms with Crippen molar-refractivity contribution in [2.45, 2.75) is 84.1 Å². The summed E-state index contributed by atoms with van der Waals surface area (Å²) in [4.78, 5) is 19.0. The first kappa shape index (κ1) is 21.9. The zero-order valence-corrected chi connectivity index (χ0v) is 17.1. The van der Waals surface area contributed by atoms with E-state index in [2.05, 4.69) is 32.5 Å². The highest BCUT2D eigenvalue weighted by Crippen LogP contribution is 2.08. The fourth-order valence-corrected chi connectivity index (χ4v) is 3.17. The molecule has 0 saturated heterocycles. The largest absolute Gasteiger partial charge is 0.369 e. The van der Waals surface area contributed by atoms with Crippen LogP contribution in [0, 0.1) is 0 Å². The molecule has 8 nitrogen and oxygen atoms in total. The number of nitrogen functional groups attached to an aromatic ring is 1. The van der Waals surface area contributed by atoms with Gasteiger partial charge >= 0.3 is 0 Å². The molecule has 2 aromatic rings. The molecule has 2 aromatic heterocycles. The Morgan fingerprint density at radius 2 is 1.86 bits per heavy atom. The summed E-state index contributed by atoms with van der Waals surface area (Å²) in [6.07, 6.45) is 16.1. The summed E-state index contributed by atoms with van der Waals surface area (Å²) in [5, 5.41) is 11.2. The van der Waals surface area contributed by atoms with E-state index < -0.39 is 0 Å². The van der Waals surface area contributed by atoms with Gasteiger partial charge in [0.15, 0.2) is 5.95 Å². The van der Waals surface area contributed by atoms with Crippen LogP contribution in [0.1, 0.15) is 76.1 Å². The van der Waals surface area contributed by atoms with Gasteiger partial charge in [0, 0.05) is 18.4 Å². The minimum atomic E-state index is 0.00355. The van der Waals surface area contributed by atoms with Crippen molar-refractivity contribution in [1.29, 1.82) is 0 Å². The molecule has 0 unspecified atom stereocenters. The minimum Gasteiger partial charge on any atom is -0.369 e. The highest BCUT2D eigenvalue weighted by Gasteiger charge is 2.06. The Morgan fingerprint density at radius 3 is 2.64 bits per heavy atom. The summed E-state index contributed by atoms with van der Waals surface area (Å²) in [6.45, 7) is 3.20. The van der Waals surface area contributed by atoms with Crippen LogP contribution in [-0.2, 0) is 24.2 Å². The first-order chi connectivity index (χ1) is 13.7. The predicted octanol–water partition coefficient (Wildman–Crippen LogP) is 3.02. The number of rotatable bonds is 15. The Kier molecular flexibility index (Phi) is 10.1. The molecule has 0 aliphatic heterocycles. The topological polar surface area (TPSA) is 115 Å². The van der Waals surface area contributed by atoms with Crippen molar-refractivity contribution < 1.29 is 4.79 Å². The molecule has 2 heterocycles. The number of nitrogens with zero attached hydrogens (tertiary/aromatic N) is 4. The van der Waals surface area contributed by atoms with Crippen molar-refractivity contribution in [3.05, 3.63) is 23.8 Å². The van der Waals surface area contributed by atoms with Gasteiger partial charge in [-0.25, -0.2) is 9.67 Å². The van der Waals surface area contributed by atoms with Crippen LogP contribution in [0.3, 0.4) is 0 Å². The molecule has 0 aliphatic rings. The molecule has 156 valence electrons. The van der Waals surface area contributed by atoms with E-state index in [-0.39, 0.29) is 12.5 Å². The van der Waals surface area contributed by atoms with Gasteiger partial charge in [0.2, 0.25) is 5.91 Å². The summed E-state index contributed by atoms with van der Waals surface area (Å²) in [7, 11) is 0. The van der Waals surface area contributed by atoms with Crippen LogP contribution >= 0.6 is 0 Å². The number of carbonyl (C=O) groups is 1. The van der Waals surface area contributed by atoms with Gasteiger partial charge in [0.05, 0.1) is 11.9 Å². The third kappa shape index (κ3) is 9.01. The van der Waals surface area contributed by atoms with Gasteiger partial charge in [-0.15, -0.1) is 5.10 Å². The lowest BCUT2D eigenvalue weighted by Crippen LogP contribution is -2.28. The maximum absolute atomic E-state index is 12.0. The third-order valence-electron chi connectivity index (χ3n) is 4.77. The maximum atomic E-state index is 12.0. The zero-order chi connectivity index (χ0) is 20.0. The average molecular weight is 390 g/mol. The number of aromatic amines is 1. The van der Waals surface area contributed by atoms with Gasteiger partial charge in [-0.1, -0.05) is 50.7 Å². The van der Waals surface area contributed by atoms with Gasteiger partial charge in [0.25, 0.3) is 0 Å². The molecule has 0 saturated carbocycles. The molecule has 28 heavy (non-hydrogen) atoms. The number of hydrogen-bond donors (Lipinski definition) is 3. The molecule has 0 spiro atoms. The molecule has 4 N–H and O–H groups in total. The highest BCUT2D eigenvalue weighted by atomic mass is 16.2. The zero-order valence-electron chi connectivity index (χ0n) is 17.1. The monoisotopic (exact) mass is 389 g/mol. The summed E-state index contributed by atoms with van der Waals surface area (Å²) < 4.78 is 1.62. The van der Waals surface area contributed by atoms with Crippen LogP contribution < -0.4 is 11.1 Å². The molecule has 0 bridgehead atoms. The number of nitrogens with two attached hydrogens (primary N) is 1. The molecule has 2 rings (SSSR count). The number of unbranched alkanes of at least 4 members (excludes halogenated alkanes) is 7. The standard InChI is InChI=1S/C20H35N7O/c1-2-3-4-5-6-10-13-22-19(28)16-27-15-18(25-26-27)12-9-7-8-11-17-14-23-20(21)24-17/h14-15H,2-13,16H2,1H3,(H,22,28)(H3,21,23,24). The molecule has 0 aliphatic carbocycles. The van der Waals surface area contributed by atoms with E-state index in [0.29, 0.717) is 5.95 Å². The first-order valence-electron chi connectivity index (χ1n) is 10.6. The van der Waals surface area contributed by atoms with Crippen LogP contribution in [0.15, 0.2) is 12.4 Å². The van der Waals surface area contributed by atoms with E-state index >= 15 is 0 Å². The van der Waals surface area contributed by atoms with E-state index in [1.165, 1.54) is 32.1 Å². The molecule has 0 aromatic carbocycles. The van der Waals surface area contributed by atoms with Crippen molar-refractivity contribution in [3.8, 4) is 0 Å². The van der Waals surface area contributed by atoms with Gasteiger partial charge < -0.3 is 16.0 Å². The van der Waals surface area contributed by atoms with E-state index in [9.17, 15) is 4.79 Å². The average Bonchev–Trinajstić information content (AvgIpc) is 3.29. The van der Waals surface area contributed by atoms with Gasteiger partial charge in [-0.2, -0.15) is 0 Å². The van der Waals surface area contributed by atoms with Crippen LogP contribution in [0.4, 0.5) is 5.95 Å². The molecule has 0 atom stereocenters. The number of aryl methyl sites for hydroxylation is 2. The molecule has 1 amide bonds. The second-order valence-corrected chi connectivity index (χ2v) is 7.38. The summed E-state index contributed by atoms with van der Waals surface area (Å²) in [5.74, 6) is 0.478. The Hall–Kier alpha value is -2.38. The number of nitrogens with one attached hydrogen (secondary N) is 2. The smallest absolute Gasteiger partial charge is 0.241 e. The van der Waals surface area contributed by atoms with E-state index in [4.69, 9.17) is 5.73 Å². The number of hydrogen-bond acceptors (Lipinski definition) is 5. The Bertz CT molecular complexity index is 680. The normalized spacial score (nSPS) is 11.0. The number of imidazole rings is 1. The SMILES string of the molecule is CCCCCCCCNC(=O)Cn1cc(CCCCCc2cnc(N)[nH]2)nn1. The van der Waals surface area contributed by atoms with Gasteiger partial charge in [0.1, 0.15) is 6.54 Å². The number of aromatic nitrogens is 5. The second-order valence-electron chi connectivity index (χ2n) is 7.38. The molecular weight excluding hydrogens is 354 g/mol. The van der Waals surface area contributed by atoms with Crippen molar-refractivity contribution in [2.24, 2.45) is 0 Å². The predicted molar refractivity (Wildman–Crippen MR) is 111 cm³/mol. The summed E-state index contributed by atoms with van der Waals surface area (Å²) >= 11 is 0. The van der Waals surface area contributed by atoms with Crippen molar-refractivity contribution in [1.82, 2.24) is 30.3 Å². The molecule has 8 heteroatoms. The van der Waals surface area contributed by atoms with Crippen molar-refractivity contribution >= 4 is 11.9 Å². The fraction of sp³-hybridized carbons (Fsp3) is 0.700. The lowest BCUT2D eigenvalue weighted by Gasteiger charge is -2.05. The highest BCUT2D eigenvalue weighted by molar-refractivity contribution is 5.75. The summed E-state index contributed by atoms with van der Waals surface area (Å²) in [6, 6.07) is 0. The van der Waals surface area contributed by atoms with Crippen LogP contribution in [0.25, 0.3) is 0 Å². The minimum absolute atomic E-state index is 0.00355. The number of anilines is 1. The van der Waals surface area contributed by atoms with E-state index in [1.54, 1.807) is 10.9 Å². The van der Waals surface area contributed by atoms with Crippen LogP contribution in [0.5, 0.6) is 0 Å². The van der Waals surface area contributed by atoms with Crippen molar-refractivity contribution in [3.63, 3.8) is 0 Å². The number of carbonyl (C=O) groups excluding carboxylic acids is 1. The third-order valence-corrected chi connectivity index (χ3v) is 4.77. The fourth-order valence-electron chi connectivity index (χ4n) is 3.17. The number of H-pyrrole nitrogens is 1. The first-order valence-corrected chi connectivity index (χ1v) is 10.6. The quantitative estimate of drug-likeness (QED) is 0.405. The Morgan fingerprint density at radius 1 is 1.11 bits per heavy atom. The Labute approximate surface area is 167 Å². The molecule has 0 radical (unpaired) electrons. The molecule has 0 fully saturated rings. The van der Waals surface area contributed by atoms with E-state index in [0.717, 1.165) is 56.5 Å². The van der Waals surface area contributed by atoms with Gasteiger partial charge in [-0.3, -0.25) is 4.79 Å². The lowest BCUT2D eigenvalue weighted by atomic mass is 10.1. The van der Waals surface area contributed by atoms with Crippen LogP contribution in [0.2, 0.25) is 0 Å². The van der Waals surface area contributed by atoms with Crippen molar-refractivity contribution in [2.75, 3.05) is 12.3 Å². The van der Waals surface area contributed by atoms with Gasteiger partial charge in [-0.05, 0) is 32.1 Å². The maximum Gasteiger partial charge on any atom is 0.241 e. The lowest BCUT2D eigenvalue weighted by molar-refractivity contribution is -0.121. The second kappa shape index (κ2) is 12.9.